The van der Waals surface area contributed by atoms with Crippen molar-refractivity contribution in [2.75, 3.05) is 7.05 Å². The Morgan fingerprint density at radius 1 is 1.04 bits per heavy atom. The van der Waals surface area contributed by atoms with Gasteiger partial charge in [-0.2, -0.15) is 0 Å². The van der Waals surface area contributed by atoms with E-state index in [1.807, 2.05) is 24.3 Å². The van der Waals surface area contributed by atoms with E-state index in [2.05, 4.69) is 24.3 Å². The average molecular weight is 335 g/mol. The molecule has 128 valence electrons. The third-order valence-corrected chi connectivity index (χ3v) is 5.84. The lowest BCUT2D eigenvalue weighted by molar-refractivity contribution is -0.159. The Hall–Kier alpha value is -2.62. The maximum absolute atomic E-state index is 12.9. The minimum absolute atomic E-state index is 0.0830. The zero-order valence-corrected chi connectivity index (χ0v) is 14.2. The zero-order valence-electron chi connectivity index (χ0n) is 14.2. The highest BCUT2D eigenvalue weighted by Gasteiger charge is 2.47. The van der Waals surface area contributed by atoms with Crippen LogP contribution in [-0.2, 0) is 9.59 Å². The minimum atomic E-state index is -0.858. The molecule has 1 N–H and O–H groups in total. The van der Waals surface area contributed by atoms with E-state index >= 15 is 0 Å². The third kappa shape index (κ3) is 2.36. The number of carbonyl (C=O) groups excluding carboxylic acids is 1. The number of carboxylic acid groups (broad SMARTS) is 1. The first-order chi connectivity index (χ1) is 12.0. The highest BCUT2D eigenvalue weighted by atomic mass is 16.4. The molecule has 0 aliphatic heterocycles. The summed E-state index contributed by atoms with van der Waals surface area (Å²) in [6.07, 6.45) is 2.16. The largest absolute Gasteiger partial charge is 0.481 e. The molecule has 0 aromatic heterocycles. The van der Waals surface area contributed by atoms with Crippen LogP contribution in [0.15, 0.2) is 48.5 Å². The molecule has 0 heterocycles. The molecule has 1 fully saturated rings. The number of nitrogens with zero attached hydrogens (tertiary/aromatic N) is 1. The molecular formula is C21H21NO3. The first-order valence-corrected chi connectivity index (χ1v) is 8.71. The normalized spacial score (nSPS) is 17.3. The van der Waals surface area contributed by atoms with Crippen molar-refractivity contribution in [2.24, 2.45) is 5.41 Å². The summed E-state index contributed by atoms with van der Waals surface area (Å²) < 4.78 is 0. The summed E-state index contributed by atoms with van der Waals surface area (Å²) in [6, 6.07) is 16.1. The highest BCUT2D eigenvalue weighted by molar-refractivity contribution is 5.87. The van der Waals surface area contributed by atoms with Crippen molar-refractivity contribution in [1.29, 1.82) is 0 Å². The van der Waals surface area contributed by atoms with Gasteiger partial charge >= 0.3 is 5.97 Å². The molecule has 0 radical (unpaired) electrons. The summed E-state index contributed by atoms with van der Waals surface area (Å²) >= 11 is 0. The van der Waals surface area contributed by atoms with Gasteiger partial charge in [0.2, 0.25) is 5.91 Å². The fourth-order valence-electron chi connectivity index (χ4n) is 4.17. The van der Waals surface area contributed by atoms with Crippen molar-refractivity contribution >= 4 is 11.9 Å². The molecule has 0 bridgehead atoms. The molecule has 1 amide bonds. The number of rotatable bonds is 4. The lowest BCUT2D eigenvalue weighted by Crippen LogP contribution is -2.43. The van der Waals surface area contributed by atoms with Gasteiger partial charge in [0.25, 0.3) is 0 Å². The Bertz CT molecular complexity index is 808. The van der Waals surface area contributed by atoms with E-state index in [1.54, 1.807) is 11.9 Å². The van der Waals surface area contributed by atoms with Gasteiger partial charge < -0.3 is 10.0 Å². The van der Waals surface area contributed by atoms with Gasteiger partial charge in [-0.25, -0.2) is 0 Å². The van der Waals surface area contributed by atoms with Crippen LogP contribution >= 0.6 is 0 Å². The van der Waals surface area contributed by atoms with Crippen molar-refractivity contribution < 1.29 is 14.7 Å². The van der Waals surface area contributed by atoms with Crippen LogP contribution in [0.1, 0.15) is 42.9 Å². The molecular weight excluding hydrogens is 314 g/mol. The van der Waals surface area contributed by atoms with Crippen molar-refractivity contribution in [1.82, 2.24) is 4.90 Å². The van der Waals surface area contributed by atoms with E-state index in [1.165, 1.54) is 0 Å². The topological polar surface area (TPSA) is 57.6 Å². The van der Waals surface area contributed by atoms with Crippen LogP contribution in [0.5, 0.6) is 0 Å². The molecule has 4 rings (SSSR count). The second-order valence-electron chi connectivity index (χ2n) is 7.20. The first kappa shape index (κ1) is 15.9. The summed E-state index contributed by atoms with van der Waals surface area (Å²) in [6.45, 7) is 0. The van der Waals surface area contributed by atoms with Gasteiger partial charge in [0, 0.05) is 13.5 Å². The number of amides is 1. The summed E-state index contributed by atoms with van der Waals surface area (Å²) in [5.41, 5.74) is 3.66. The van der Waals surface area contributed by atoms with Crippen LogP contribution in [0.2, 0.25) is 0 Å². The summed E-state index contributed by atoms with van der Waals surface area (Å²) in [5.74, 6) is -0.939. The van der Waals surface area contributed by atoms with Gasteiger partial charge in [0.15, 0.2) is 0 Å². The van der Waals surface area contributed by atoms with Crippen LogP contribution < -0.4 is 0 Å². The van der Waals surface area contributed by atoms with E-state index in [0.717, 1.165) is 28.7 Å². The Morgan fingerprint density at radius 3 is 2.00 bits per heavy atom. The van der Waals surface area contributed by atoms with Gasteiger partial charge in [-0.3, -0.25) is 9.59 Å². The SMILES string of the molecule is CN(C(=O)CC1(C(=O)O)CCC1)C1c2ccccc2-c2ccccc21. The van der Waals surface area contributed by atoms with Crippen LogP contribution in [0, 0.1) is 5.41 Å². The Labute approximate surface area is 147 Å². The van der Waals surface area contributed by atoms with Crippen LogP contribution in [0.4, 0.5) is 0 Å². The van der Waals surface area contributed by atoms with E-state index in [4.69, 9.17) is 0 Å². The van der Waals surface area contributed by atoms with Gasteiger partial charge in [-0.1, -0.05) is 55.0 Å². The molecule has 0 unspecified atom stereocenters. The van der Waals surface area contributed by atoms with Crippen LogP contribution in [-0.4, -0.2) is 28.9 Å². The number of fused-ring (bicyclic) bond motifs is 3. The van der Waals surface area contributed by atoms with E-state index in [9.17, 15) is 14.7 Å². The molecule has 0 atom stereocenters. The van der Waals surface area contributed by atoms with E-state index < -0.39 is 11.4 Å². The number of aliphatic carboxylic acids is 1. The molecule has 2 aromatic carbocycles. The Balaban J connectivity index is 1.67. The lowest BCUT2D eigenvalue weighted by atomic mass is 9.66. The summed E-state index contributed by atoms with van der Waals surface area (Å²) in [7, 11) is 1.79. The standard InChI is InChI=1S/C21H21NO3/c1-22(18(23)13-21(20(24)25)11-6-12-21)19-16-9-4-2-7-14(16)15-8-3-5-10-17(15)19/h2-5,7-10,19H,6,11-13H2,1H3,(H,24,25). The van der Waals surface area contributed by atoms with Gasteiger partial charge in [-0.05, 0) is 35.1 Å². The molecule has 0 spiro atoms. The van der Waals surface area contributed by atoms with E-state index in [0.29, 0.717) is 12.8 Å². The molecule has 0 saturated heterocycles. The smallest absolute Gasteiger partial charge is 0.310 e. The first-order valence-electron chi connectivity index (χ1n) is 8.71. The molecule has 4 nitrogen and oxygen atoms in total. The third-order valence-electron chi connectivity index (χ3n) is 5.84. The molecule has 1 saturated carbocycles. The van der Waals surface area contributed by atoms with Crippen molar-refractivity contribution in [3.63, 3.8) is 0 Å². The van der Waals surface area contributed by atoms with Crippen LogP contribution in [0.3, 0.4) is 0 Å². The fourth-order valence-corrected chi connectivity index (χ4v) is 4.17. The summed E-state index contributed by atoms with van der Waals surface area (Å²) in [4.78, 5) is 26.3. The molecule has 2 aliphatic carbocycles. The zero-order chi connectivity index (χ0) is 17.6. The van der Waals surface area contributed by atoms with Gasteiger partial charge in [-0.15, -0.1) is 0 Å². The van der Waals surface area contributed by atoms with Gasteiger partial charge in [0.1, 0.15) is 0 Å². The molecule has 2 aromatic rings. The van der Waals surface area contributed by atoms with Crippen molar-refractivity contribution in [3.05, 3.63) is 59.7 Å². The molecule has 25 heavy (non-hydrogen) atoms. The fraction of sp³-hybridized carbons (Fsp3) is 0.333. The van der Waals surface area contributed by atoms with Crippen LogP contribution in [0.25, 0.3) is 11.1 Å². The quantitative estimate of drug-likeness (QED) is 0.923. The number of hydrogen-bond donors (Lipinski definition) is 1. The number of benzene rings is 2. The minimum Gasteiger partial charge on any atom is -0.481 e. The van der Waals surface area contributed by atoms with Crippen molar-refractivity contribution in [3.8, 4) is 11.1 Å². The number of hydrogen-bond acceptors (Lipinski definition) is 2. The van der Waals surface area contributed by atoms with E-state index in [-0.39, 0.29) is 18.4 Å². The second-order valence-corrected chi connectivity index (χ2v) is 7.20. The highest BCUT2D eigenvalue weighted by Crippen LogP contribution is 2.48. The van der Waals surface area contributed by atoms with Crippen molar-refractivity contribution in [2.45, 2.75) is 31.7 Å². The number of carbonyl (C=O) groups is 2. The predicted octanol–water partition coefficient (Wildman–Crippen LogP) is 3.86. The van der Waals surface area contributed by atoms with Gasteiger partial charge in [0.05, 0.1) is 11.5 Å². The Morgan fingerprint density at radius 2 is 1.56 bits per heavy atom. The predicted molar refractivity (Wildman–Crippen MR) is 95.0 cm³/mol. The maximum Gasteiger partial charge on any atom is 0.310 e. The monoisotopic (exact) mass is 335 g/mol. The summed E-state index contributed by atoms with van der Waals surface area (Å²) in [5, 5.41) is 9.52. The molecule has 2 aliphatic rings. The maximum atomic E-state index is 12.9. The number of carboxylic acids is 1. The lowest BCUT2D eigenvalue weighted by Gasteiger charge is -2.39. The molecule has 4 heteroatoms. The second kappa shape index (κ2) is 5.73. The average Bonchev–Trinajstić information content (AvgIpc) is 2.91. The Kier molecular flexibility index (Phi) is 3.64.